The molecule has 0 unspecified atom stereocenters. The molecule has 0 radical (unpaired) electrons. The number of benzene rings is 1. The summed E-state index contributed by atoms with van der Waals surface area (Å²) in [6.07, 6.45) is 0.901. The molecule has 18 heavy (non-hydrogen) atoms. The second-order valence-corrected chi connectivity index (χ2v) is 3.81. The maximum absolute atomic E-state index is 5.31. The van der Waals surface area contributed by atoms with E-state index in [-0.39, 0.29) is 0 Å². The van der Waals surface area contributed by atoms with Crippen LogP contribution in [-0.4, -0.2) is 41.6 Å². The number of nitrogens with one attached hydrogen (secondary N) is 2. The van der Waals surface area contributed by atoms with Crippen LogP contribution in [0.5, 0.6) is 17.2 Å². The molecule has 0 aliphatic heterocycles. The van der Waals surface area contributed by atoms with Crippen molar-refractivity contribution in [2.75, 3.05) is 41.6 Å². The van der Waals surface area contributed by atoms with Gasteiger partial charge in [-0.25, -0.2) is 0 Å². The van der Waals surface area contributed by atoms with E-state index in [1.165, 1.54) is 0 Å². The summed E-state index contributed by atoms with van der Waals surface area (Å²) >= 11 is 0. The van der Waals surface area contributed by atoms with Crippen molar-refractivity contribution in [3.05, 3.63) is 17.7 Å². The average Bonchev–Trinajstić information content (AvgIpc) is 2.42. The number of hydrogen-bond donors (Lipinski definition) is 2. The molecule has 0 fully saturated rings. The van der Waals surface area contributed by atoms with E-state index >= 15 is 0 Å². The molecule has 1 aromatic rings. The Morgan fingerprint density at radius 2 is 1.61 bits per heavy atom. The zero-order chi connectivity index (χ0) is 13.4. The van der Waals surface area contributed by atoms with Gasteiger partial charge in [0.05, 0.1) is 21.3 Å². The first kappa shape index (κ1) is 14.6. The van der Waals surface area contributed by atoms with E-state index in [1.54, 1.807) is 21.3 Å². The van der Waals surface area contributed by atoms with E-state index < -0.39 is 0 Å². The topological polar surface area (TPSA) is 51.8 Å². The highest BCUT2D eigenvalue weighted by molar-refractivity contribution is 5.53. The van der Waals surface area contributed by atoms with Crippen molar-refractivity contribution in [3.8, 4) is 17.2 Å². The maximum Gasteiger partial charge on any atom is 0.203 e. The number of methoxy groups -OCH3 is 3. The van der Waals surface area contributed by atoms with E-state index in [0.717, 1.165) is 25.2 Å². The van der Waals surface area contributed by atoms with Crippen LogP contribution in [0.3, 0.4) is 0 Å². The minimum absolute atomic E-state index is 0.631. The van der Waals surface area contributed by atoms with Gasteiger partial charge in [0.15, 0.2) is 11.5 Å². The van der Waals surface area contributed by atoms with Crippen LogP contribution in [0.1, 0.15) is 5.56 Å². The Kier molecular flexibility index (Phi) is 6.32. The SMILES string of the molecule is CNCNCCc1cc(OC)c(OC)c(OC)c1. The molecule has 0 amide bonds. The summed E-state index contributed by atoms with van der Waals surface area (Å²) in [6, 6.07) is 3.95. The molecule has 0 aliphatic carbocycles. The standard InChI is InChI=1S/C13H22N2O3/c1-14-9-15-6-5-10-7-11(16-2)13(18-4)12(8-10)17-3/h7-8,14-15H,5-6,9H2,1-4H3. The minimum Gasteiger partial charge on any atom is -0.493 e. The highest BCUT2D eigenvalue weighted by Crippen LogP contribution is 2.38. The van der Waals surface area contributed by atoms with Crippen LogP contribution in [-0.2, 0) is 6.42 Å². The van der Waals surface area contributed by atoms with Gasteiger partial charge in [0.1, 0.15) is 0 Å². The Labute approximate surface area is 108 Å². The minimum atomic E-state index is 0.631. The molecule has 0 atom stereocenters. The molecule has 1 aromatic carbocycles. The zero-order valence-corrected chi connectivity index (χ0v) is 11.5. The summed E-state index contributed by atoms with van der Waals surface area (Å²) < 4.78 is 15.9. The molecule has 0 heterocycles. The molecule has 2 N–H and O–H groups in total. The third-order valence-electron chi connectivity index (χ3n) is 2.62. The highest BCUT2D eigenvalue weighted by atomic mass is 16.5. The fourth-order valence-electron chi connectivity index (χ4n) is 1.73. The van der Waals surface area contributed by atoms with E-state index in [4.69, 9.17) is 14.2 Å². The van der Waals surface area contributed by atoms with Crippen molar-refractivity contribution in [2.24, 2.45) is 0 Å². The van der Waals surface area contributed by atoms with Crippen LogP contribution in [0.15, 0.2) is 12.1 Å². The quantitative estimate of drug-likeness (QED) is 0.536. The molecule has 0 aromatic heterocycles. The lowest BCUT2D eigenvalue weighted by molar-refractivity contribution is 0.323. The molecule has 0 saturated heterocycles. The van der Waals surface area contributed by atoms with Gasteiger partial charge in [0.25, 0.3) is 0 Å². The Morgan fingerprint density at radius 1 is 1.00 bits per heavy atom. The molecule has 1 rings (SSSR count). The number of ether oxygens (including phenoxy) is 3. The monoisotopic (exact) mass is 254 g/mol. The molecule has 0 spiro atoms. The molecule has 0 saturated carbocycles. The lowest BCUT2D eigenvalue weighted by atomic mass is 10.1. The number of hydrogen-bond acceptors (Lipinski definition) is 5. The van der Waals surface area contributed by atoms with Crippen molar-refractivity contribution in [1.82, 2.24) is 10.6 Å². The predicted molar refractivity (Wildman–Crippen MR) is 71.7 cm³/mol. The maximum atomic E-state index is 5.31. The van der Waals surface area contributed by atoms with Crippen molar-refractivity contribution >= 4 is 0 Å². The highest BCUT2D eigenvalue weighted by Gasteiger charge is 2.12. The fourth-order valence-corrected chi connectivity index (χ4v) is 1.73. The summed E-state index contributed by atoms with van der Waals surface area (Å²) in [4.78, 5) is 0. The normalized spacial score (nSPS) is 10.2. The van der Waals surface area contributed by atoms with Crippen molar-refractivity contribution in [3.63, 3.8) is 0 Å². The van der Waals surface area contributed by atoms with Gasteiger partial charge in [-0.1, -0.05) is 0 Å². The van der Waals surface area contributed by atoms with Crippen molar-refractivity contribution in [2.45, 2.75) is 6.42 Å². The smallest absolute Gasteiger partial charge is 0.203 e. The van der Waals surface area contributed by atoms with Crippen LogP contribution in [0.2, 0.25) is 0 Å². The zero-order valence-electron chi connectivity index (χ0n) is 11.5. The van der Waals surface area contributed by atoms with Gasteiger partial charge in [-0.05, 0) is 31.2 Å². The molecule has 0 bridgehead atoms. The summed E-state index contributed by atoms with van der Waals surface area (Å²) in [5, 5.41) is 6.30. The Hall–Kier alpha value is -1.46. The Morgan fingerprint density at radius 3 is 2.06 bits per heavy atom. The number of rotatable bonds is 8. The second kappa shape index (κ2) is 7.79. The van der Waals surface area contributed by atoms with Gasteiger partial charge in [0, 0.05) is 13.2 Å². The summed E-state index contributed by atoms with van der Waals surface area (Å²) in [7, 11) is 6.77. The van der Waals surface area contributed by atoms with Gasteiger partial charge < -0.3 is 24.8 Å². The van der Waals surface area contributed by atoms with E-state index in [9.17, 15) is 0 Å². The molecule has 102 valence electrons. The third kappa shape index (κ3) is 3.78. The molecule has 5 heteroatoms. The van der Waals surface area contributed by atoms with Crippen molar-refractivity contribution < 1.29 is 14.2 Å². The molecule has 5 nitrogen and oxygen atoms in total. The van der Waals surface area contributed by atoms with Gasteiger partial charge in [-0.3, -0.25) is 0 Å². The van der Waals surface area contributed by atoms with E-state index in [0.29, 0.717) is 17.2 Å². The molecular formula is C13H22N2O3. The van der Waals surface area contributed by atoms with E-state index in [1.807, 2.05) is 19.2 Å². The van der Waals surface area contributed by atoms with E-state index in [2.05, 4.69) is 10.6 Å². The van der Waals surface area contributed by atoms with Crippen LogP contribution in [0, 0.1) is 0 Å². The van der Waals surface area contributed by atoms with Crippen LogP contribution < -0.4 is 24.8 Å². The van der Waals surface area contributed by atoms with Crippen LogP contribution in [0.25, 0.3) is 0 Å². The second-order valence-electron chi connectivity index (χ2n) is 3.81. The van der Waals surface area contributed by atoms with Crippen LogP contribution in [0.4, 0.5) is 0 Å². The lowest BCUT2D eigenvalue weighted by Crippen LogP contribution is -2.27. The van der Waals surface area contributed by atoms with Gasteiger partial charge in [-0.2, -0.15) is 0 Å². The Balaban J connectivity index is 2.80. The first-order valence-corrected chi connectivity index (χ1v) is 5.91. The van der Waals surface area contributed by atoms with Gasteiger partial charge >= 0.3 is 0 Å². The Bertz CT molecular complexity index is 344. The fraction of sp³-hybridized carbons (Fsp3) is 0.538. The molecular weight excluding hydrogens is 232 g/mol. The lowest BCUT2D eigenvalue weighted by Gasteiger charge is -2.14. The molecule has 0 aliphatic rings. The predicted octanol–water partition coefficient (Wildman–Crippen LogP) is 1.02. The third-order valence-corrected chi connectivity index (χ3v) is 2.62. The van der Waals surface area contributed by atoms with Crippen molar-refractivity contribution in [1.29, 1.82) is 0 Å². The first-order chi connectivity index (χ1) is 8.76. The van der Waals surface area contributed by atoms with Gasteiger partial charge in [-0.15, -0.1) is 0 Å². The summed E-state index contributed by atoms with van der Waals surface area (Å²) in [5.74, 6) is 2.02. The van der Waals surface area contributed by atoms with Crippen LogP contribution >= 0.6 is 0 Å². The average molecular weight is 254 g/mol. The largest absolute Gasteiger partial charge is 0.493 e. The summed E-state index contributed by atoms with van der Waals surface area (Å²) in [6.45, 7) is 1.68. The summed E-state index contributed by atoms with van der Waals surface area (Å²) in [5.41, 5.74) is 1.15. The first-order valence-electron chi connectivity index (χ1n) is 5.91. The van der Waals surface area contributed by atoms with Gasteiger partial charge in [0.2, 0.25) is 5.75 Å².